The molecule has 0 bridgehead atoms. The van der Waals surface area contributed by atoms with Crippen molar-refractivity contribution >= 4 is 6.03 Å². The van der Waals surface area contributed by atoms with Gasteiger partial charge in [0.2, 0.25) is 0 Å². The molecule has 2 N–H and O–H groups in total. The number of carbonyl (C=O) groups excluding carboxylic acids is 1. The van der Waals surface area contributed by atoms with Gasteiger partial charge in [-0.15, -0.1) is 0 Å². The summed E-state index contributed by atoms with van der Waals surface area (Å²) < 4.78 is 0. The van der Waals surface area contributed by atoms with Crippen molar-refractivity contribution in [2.24, 2.45) is 0 Å². The fourth-order valence-electron chi connectivity index (χ4n) is 1.85. The number of hydrogen-bond acceptors (Lipinski definition) is 2. The summed E-state index contributed by atoms with van der Waals surface area (Å²) in [5.41, 5.74) is 0. The van der Waals surface area contributed by atoms with E-state index in [1.807, 2.05) is 14.0 Å². The number of nitrogens with zero attached hydrogens (tertiary/aromatic N) is 1. The highest BCUT2D eigenvalue weighted by Crippen LogP contribution is 2.10. The van der Waals surface area contributed by atoms with Crippen LogP contribution in [-0.4, -0.2) is 43.2 Å². The molecule has 2 unspecified atom stereocenters. The lowest BCUT2D eigenvalue weighted by Crippen LogP contribution is -2.52. The smallest absolute Gasteiger partial charge is 0.317 e. The van der Waals surface area contributed by atoms with E-state index < -0.39 is 0 Å². The SMILES string of the molecule is CCN(C)C(=O)NC(C)C1CCCCN1. The summed E-state index contributed by atoms with van der Waals surface area (Å²) in [6, 6.07) is 0.678. The molecule has 0 radical (unpaired) electrons. The standard InChI is InChI=1S/C11H23N3O/c1-4-14(3)11(15)13-9(2)10-7-5-6-8-12-10/h9-10,12H,4-8H2,1-3H3,(H,13,15). The molecule has 1 aliphatic rings. The van der Waals surface area contributed by atoms with Crippen molar-refractivity contribution in [2.45, 2.75) is 45.2 Å². The highest BCUT2D eigenvalue weighted by atomic mass is 16.2. The Morgan fingerprint density at radius 2 is 2.33 bits per heavy atom. The molecule has 1 heterocycles. The molecule has 0 aromatic heterocycles. The van der Waals surface area contributed by atoms with E-state index in [2.05, 4.69) is 17.6 Å². The van der Waals surface area contributed by atoms with E-state index in [4.69, 9.17) is 0 Å². The van der Waals surface area contributed by atoms with Crippen LogP contribution in [0.25, 0.3) is 0 Å². The van der Waals surface area contributed by atoms with Gasteiger partial charge in [-0.2, -0.15) is 0 Å². The Balaban J connectivity index is 2.33. The van der Waals surface area contributed by atoms with Gasteiger partial charge in [0, 0.05) is 25.7 Å². The summed E-state index contributed by atoms with van der Waals surface area (Å²) in [4.78, 5) is 13.3. The van der Waals surface area contributed by atoms with Gasteiger partial charge in [-0.1, -0.05) is 6.42 Å². The van der Waals surface area contributed by atoms with Crippen molar-refractivity contribution in [3.8, 4) is 0 Å². The molecule has 88 valence electrons. The molecule has 0 spiro atoms. The molecule has 4 heteroatoms. The molecule has 2 amide bonds. The Morgan fingerprint density at radius 3 is 2.87 bits per heavy atom. The van der Waals surface area contributed by atoms with Crippen LogP contribution in [0.2, 0.25) is 0 Å². The van der Waals surface area contributed by atoms with Gasteiger partial charge in [-0.25, -0.2) is 4.79 Å². The van der Waals surface area contributed by atoms with Crippen LogP contribution >= 0.6 is 0 Å². The predicted molar refractivity (Wildman–Crippen MR) is 61.9 cm³/mol. The van der Waals surface area contributed by atoms with Crippen LogP contribution in [0.5, 0.6) is 0 Å². The van der Waals surface area contributed by atoms with E-state index >= 15 is 0 Å². The van der Waals surface area contributed by atoms with Gasteiger partial charge in [0.15, 0.2) is 0 Å². The van der Waals surface area contributed by atoms with E-state index in [1.54, 1.807) is 4.90 Å². The maximum absolute atomic E-state index is 11.6. The van der Waals surface area contributed by atoms with Crippen molar-refractivity contribution in [3.05, 3.63) is 0 Å². The van der Waals surface area contributed by atoms with Crippen LogP contribution in [-0.2, 0) is 0 Å². The van der Waals surface area contributed by atoms with Gasteiger partial charge in [-0.3, -0.25) is 0 Å². The molecule has 0 aromatic carbocycles. The third kappa shape index (κ3) is 3.70. The predicted octanol–water partition coefficient (Wildman–Crippen LogP) is 1.18. The van der Waals surface area contributed by atoms with Crippen molar-refractivity contribution in [3.63, 3.8) is 0 Å². The van der Waals surface area contributed by atoms with Gasteiger partial charge in [-0.05, 0) is 33.2 Å². The summed E-state index contributed by atoms with van der Waals surface area (Å²) in [6.07, 6.45) is 3.69. The number of piperidine rings is 1. The largest absolute Gasteiger partial charge is 0.334 e. The fraction of sp³-hybridized carbons (Fsp3) is 0.909. The third-order valence-electron chi connectivity index (χ3n) is 3.12. The summed E-state index contributed by atoms with van der Waals surface area (Å²) in [6.45, 7) is 5.87. The maximum Gasteiger partial charge on any atom is 0.317 e. The van der Waals surface area contributed by atoms with Crippen LogP contribution < -0.4 is 10.6 Å². The zero-order valence-corrected chi connectivity index (χ0v) is 10.0. The molecular formula is C11H23N3O. The Kier molecular flexibility index (Phi) is 4.88. The number of carbonyl (C=O) groups is 1. The molecular weight excluding hydrogens is 190 g/mol. The highest BCUT2D eigenvalue weighted by molar-refractivity contribution is 5.74. The lowest BCUT2D eigenvalue weighted by atomic mass is 9.99. The Morgan fingerprint density at radius 1 is 1.60 bits per heavy atom. The van der Waals surface area contributed by atoms with Crippen LogP contribution in [0.4, 0.5) is 4.79 Å². The summed E-state index contributed by atoms with van der Waals surface area (Å²) >= 11 is 0. The van der Waals surface area contributed by atoms with Gasteiger partial charge in [0.05, 0.1) is 0 Å². The maximum atomic E-state index is 11.6. The Hall–Kier alpha value is -0.770. The Labute approximate surface area is 92.4 Å². The van der Waals surface area contributed by atoms with E-state index in [-0.39, 0.29) is 12.1 Å². The van der Waals surface area contributed by atoms with Gasteiger partial charge in [0.25, 0.3) is 0 Å². The van der Waals surface area contributed by atoms with Crippen molar-refractivity contribution in [1.82, 2.24) is 15.5 Å². The Bertz CT molecular complexity index is 202. The van der Waals surface area contributed by atoms with Gasteiger partial charge >= 0.3 is 6.03 Å². The second kappa shape index (κ2) is 5.95. The van der Waals surface area contributed by atoms with Crippen LogP contribution in [0.15, 0.2) is 0 Å². The molecule has 15 heavy (non-hydrogen) atoms. The third-order valence-corrected chi connectivity index (χ3v) is 3.12. The zero-order valence-electron chi connectivity index (χ0n) is 10.0. The van der Waals surface area contributed by atoms with E-state index in [0.29, 0.717) is 6.04 Å². The normalized spacial score (nSPS) is 23.3. The monoisotopic (exact) mass is 213 g/mol. The topological polar surface area (TPSA) is 44.4 Å². The fourth-order valence-corrected chi connectivity index (χ4v) is 1.85. The minimum atomic E-state index is 0.0253. The minimum absolute atomic E-state index is 0.0253. The zero-order chi connectivity index (χ0) is 11.3. The van der Waals surface area contributed by atoms with E-state index in [1.165, 1.54) is 12.8 Å². The molecule has 0 aliphatic carbocycles. The number of amides is 2. The molecule has 2 atom stereocenters. The lowest BCUT2D eigenvalue weighted by Gasteiger charge is -2.30. The lowest BCUT2D eigenvalue weighted by molar-refractivity contribution is 0.202. The average Bonchev–Trinajstić information content (AvgIpc) is 2.29. The van der Waals surface area contributed by atoms with Gasteiger partial charge < -0.3 is 15.5 Å². The summed E-state index contributed by atoms with van der Waals surface area (Å²) in [5, 5.41) is 6.47. The number of hydrogen-bond donors (Lipinski definition) is 2. The minimum Gasteiger partial charge on any atom is -0.334 e. The molecule has 1 aliphatic heterocycles. The number of urea groups is 1. The first kappa shape index (κ1) is 12.3. The van der Waals surface area contributed by atoms with Crippen molar-refractivity contribution < 1.29 is 4.79 Å². The molecule has 1 rings (SSSR count). The van der Waals surface area contributed by atoms with Crippen molar-refractivity contribution in [1.29, 1.82) is 0 Å². The van der Waals surface area contributed by atoms with Gasteiger partial charge in [0.1, 0.15) is 0 Å². The van der Waals surface area contributed by atoms with Crippen LogP contribution in [0.1, 0.15) is 33.1 Å². The molecule has 1 fully saturated rings. The first-order chi connectivity index (χ1) is 7.15. The second-order valence-electron chi connectivity index (χ2n) is 4.31. The quantitative estimate of drug-likeness (QED) is 0.739. The first-order valence-electron chi connectivity index (χ1n) is 5.90. The number of nitrogens with one attached hydrogen (secondary N) is 2. The first-order valence-corrected chi connectivity index (χ1v) is 5.90. The number of rotatable bonds is 3. The summed E-state index contributed by atoms with van der Waals surface area (Å²) in [7, 11) is 1.82. The van der Waals surface area contributed by atoms with Crippen molar-refractivity contribution in [2.75, 3.05) is 20.1 Å². The second-order valence-corrected chi connectivity index (χ2v) is 4.31. The molecule has 0 saturated carbocycles. The molecule has 0 aromatic rings. The average molecular weight is 213 g/mol. The molecule has 4 nitrogen and oxygen atoms in total. The van der Waals surface area contributed by atoms with E-state index in [0.717, 1.165) is 19.5 Å². The molecule has 1 saturated heterocycles. The van der Waals surface area contributed by atoms with Crippen LogP contribution in [0.3, 0.4) is 0 Å². The van der Waals surface area contributed by atoms with Crippen LogP contribution in [0, 0.1) is 0 Å². The highest BCUT2D eigenvalue weighted by Gasteiger charge is 2.21. The van der Waals surface area contributed by atoms with E-state index in [9.17, 15) is 4.79 Å². The summed E-state index contributed by atoms with van der Waals surface area (Å²) in [5.74, 6) is 0.